The number of nitrogens with two attached hydrogens (primary N) is 1. The van der Waals surface area contributed by atoms with Crippen LogP contribution in [0.5, 0.6) is 0 Å². The fraction of sp³-hybridized carbons (Fsp3) is 0.500. The van der Waals surface area contributed by atoms with Crippen LogP contribution in [0, 0.1) is 5.41 Å². The van der Waals surface area contributed by atoms with Crippen LogP contribution < -0.4 is 5.73 Å². The first-order chi connectivity index (χ1) is 11.5. The lowest BCUT2D eigenvalue weighted by Gasteiger charge is -2.33. The summed E-state index contributed by atoms with van der Waals surface area (Å²) in [4.78, 5) is 24.3. The molecule has 0 radical (unpaired) electrons. The van der Waals surface area contributed by atoms with Crippen LogP contribution in [0.2, 0.25) is 0 Å². The number of Topliss-reactive ketones (excluding diaryl/α,β-unsaturated/α-hetero) is 1. The van der Waals surface area contributed by atoms with E-state index in [1.54, 1.807) is 0 Å². The SMILES string of the molecule is N[C@H](CC1=CCc2ccccc21)C(=O)CC1(C(=O)O)CCCCC1. The summed E-state index contributed by atoms with van der Waals surface area (Å²) in [6, 6.07) is 7.53. The maximum absolute atomic E-state index is 12.6. The van der Waals surface area contributed by atoms with E-state index in [-0.39, 0.29) is 12.2 Å². The molecule has 128 valence electrons. The van der Waals surface area contributed by atoms with Gasteiger partial charge in [0.15, 0.2) is 5.78 Å². The van der Waals surface area contributed by atoms with Crippen LogP contribution in [-0.2, 0) is 16.0 Å². The second kappa shape index (κ2) is 6.89. The van der Waals surface area contributed by atoms with Crippen LogP contribution in [0.25, 0.3) is 5.57 Å². The van der Waals surface area contributed by atoms with Crippen LogP contribution in [-0.4, -0.2) is 22.9 Å². The summed E-state index contributed by atoms with van der Waals surface area (Å²) in [5, 5.41) is 9.63. The fourth-order valence-corrected chi connectivity index (χ4v) is 4.06. The van der Waals surface area contributed by atoms with Crippen molar-refractivity contribution in [1.82, 2.24) is 0 Å². The van der Waals surface area contributed by atoms with Crippen LogP contribution in [0.4, 0.5) is 0 Å². The van der Waals surface area contributed by atoms with Crippen molar-refractivity contribution in [2.24, 2.45) is 11.1 Å². The van der Waals surface area contributed by atoms with Gasteiger partial charge in [0.1, 0.15) is 0 Å². The number of hydrogen-bond acceptors (Lipinski definition) is 3. The van der Waals surface area contributed by atoms with Gasteiger partial charge >= 0.3 is 5.97 Å². The lowest BCUT2D eigenvalue weighted by molar-refractivity contribution is -0.154. The number of carbonyl (C=O) groups is 2. The second-order valence-electron chi connectivity index (χ2n) is 7.19. The van der Waals surface area contributed by atoms with Gasteiger partial charge in [0.05, 0.1) is 11.5 Å². The lowest BCUT2D eigenvalue weighted by atomic mass is 9.70. The van der Waals surface area contributed by atoms with Gasteiger partial charge < -0.3 is 10.8 Å². The zero-order valence-corrected chi connectivity index (χ0v) is 14.0. The Morgan fingerprint density at radius 2 is 1.88 bits per heavy atom. The molecule has 0 aromatic heterocycles. The Labute approximate surface area is 142 Å². The van der Waals surface area contributed by atoms with Gasteiger partial charge in [-0.25, -0.2) is 0 Å². The summed E-state index contributed by atoms with van der Waals surface area (Å²) in [6.45, 7) is 0. The van der Waals surface area contributed by atoms with Crippen molar-refractivity contribution in [3.8, 4) is 0 Å². The van der Waals surface area contributed by atoms with Gasteiger partial charge in [0.25, 0.3) is 0 Å². The number of hydrogen-bond donors (Lipinski definition) is 2. The molecule has 1 saturated carbocycles. The molecule has 1 aromatic rings. The predicted octanol–water partition coefficient (Wildman–Crippen LogP) is 3.34. The number of carbonyl (C=O) groups excluding carboxylic acids is 1. The summed E-state index contributed by atoms with van der Waals surface area (Å²) in [5.74, 6) is -0.960. The lowest BCUT2D eigenvalue weighted by Crippen LogP contribution is -2.40. The third-order valence-corrected chi connectivity index (χ3v) is 5.56. The van der Waals surface area contributed by atoms with Gasteiger partial charge in [-0.05, 0) is 42.4 Å². The highest BCUT2D eigenvalue weighted by Crippen LogP contribution is 2.40. The third kappa shape index (κ3) is 3.29. The Morgan fingerprint density at radius 1 is 1.17 bits per heavy atom. The number of carboxylic acid groups (broad SMARTS) is 1. The molecule has 0 saturated heterocycles. The highest BCUT2D eigenvalue weighted by atomic mass is 16.4. The summed E-state index contributed by atoms with van der Waals surface area (Å²) in [7, 11) is 0. The van der Waals surface area contributed by atoms with E-state index in [2.05, 4.69) is 18.2 Å². The van der Waals surface area contributed by atoms with Gasteiger partial charge in [-0.1, -0.05) is 49.6 Å². The average Bonchev–Trinajstić information content (AvgIpc) is 2.98. The number of allylic oxidation sites excluding steroid dienone is 1. The standard InChI is InChI=1S/C20H25NO3/c21-17(12-15-9-8-14-6-2-3-7-16(14)15)18(22)13-20(19(23)24)10-4-1-5-11-20/h2-3,6-7,9,17H,1,4-5,8,10-13,21H2,(H,23,24)/t17-/m1/s1. The van der Waals surface area contributed by atoms with Crippen LogP contribution in [0.1, 0.15) is 56.1 Å². The molecular weight excluding hydrogens is 302 g/mol. The van der Waals surface area contributed by atoms with Gasteiger partial charge in [-0.3, -0.25) is 9.59 Å². The highest BCUT2D eigenvalue weighted by molar-refractivity contribution is 5.91. The van der Waals surface area contributed by atoms with Crippen molar-refractivity contribution in [2.75, 3.05) is 0 Å². The Bertz CT molecular complexity index is 671. The molecule has 0 spiro atoms. The molecule has 0 aliphatic heterocycles. The van der Waals surface area contributed by atoms with Gasteiger partial charge in [-0.15, -0.1) is 0 Å². The second-order valence-corrected chi connectivity index (χ2v) is 7.19. The molecule has 1 fully saturated rings. The largest absolute Gasteiger partial charge is 0.481 e. The number of benzene rings is 1. The van der Waals surface area contributed by atoms with Crippen molar-refractivity contribution in [2.45, 2.75) is 57.4 Å². The van der Waals surface area contributed by atoms with Crippen molar-refractivity contribution in [1.29, 1.82) is 0 Å². The van der Waals surface area contributed by atoms with Crippen LogP contribution >= 0.6 is 0 Å². The molecule has 3 N–H and O–H groups in total. The first-order valence-corrected chi connectivity index (χ1v) is 8.81. The van der Waals surface area contributed by atoms with E-state index in [1.165, 1.54) is 11.1 Å². The molecule has 2 aliphatic carbocycles. The minimum atomic E-state index is -0.894. The topological polar surface area (TPSA) is 80.4 Å². The molecule has 4 heteroatoms. The Morgan fingerprint density at radius 3 is 2.58 bits per heavy atom. The van der Waals surface area contributed by atoms with E-state index in [0.717, 1.165) is 31.3 Å². The Hall–Kier alpha value is -1.94. The normalized spacial score (nSPS) is 20.1. The average molecular weight is 327 g/mol. The number of aliphatic carboxylic acids is 1. The van der Waals surface area contributed by atoms with Crippen molar-refractivity contribution < 1.29 is 14.7 Å². The van der Waals surface area contributed by atoms with E-state index >= 15 is 0 Å². The summed E-state index contributed by atoms with van der Waals surface area (Å²) in [6.07, 6.45) is 7.57. The molecule has 0 amide bonds. The molecule has 1 aromatic carbocycles. The zero-order chi connectivity index (χ0) is 17.2. The maximum atomic E-state index is 12.6. The van der Waals surface area contributed by atoms with Gasteiger partial charge in [0.2, 0.25) is 0 Å². The van der Waals surface area contributed by atoms with E-state index in [9.17, 15) is 14.7 Å². The number of carboxylic acids is 1. The monoisotopic (exact) mass is 327 g/mol. The first-order valence-electron chi connectivity index (χ1n) is 8.81. The molecule has 4 nitrogen and oxygen atoms in total. The predicted molar refractivity (Wildman–Crippen MR) is 93.5 cm³/mol. The first kappa shape index (κ1) is 16.9. The third-order valence-electron chi connectivity index (χ3n) is 5.56. The van der Waals surface area contributed by atoms with Gasteiger partial charge in [0, 0.05) is 6.42 Å². The fourth-order valence-electron chi connectivity index (χ4n) is 4.06. The van der Waals surface area contributed by atoms with E-state index < -0.39 is 17.4 Å². The summed E-state index contributed by atoms with van der Waals surface area (Å²) >= 11 is 0. The number of fused-ring (bicyclic) bond motifs is 1. The number of ketones is 1. The van der Waals surface area contributed by atoms with E-state index in [0.29, 0.717) is 19.3 Å². The molecule has 0 unspecified atom stereocenters. The smallest absolute Gasteiger partial charge is 0.310 e. The van der Waals surface area contributed by atoms with Crippen LogP contribution in [0.15, 0.2) is 30.3 Å². The molecule has 0 bridgehead atoms. The van der Waals surface area contributed by atoms with Crippen LogP contribution in [0.3, 0.4) is 0 Å². The highest BCUT2D eigenvalue weighted by Gasteiger charge is 2.42. The summed E-state index contributed by atoms with van der Waals surface area (Å²) < 4.78 is 0. The quantitative estimate of drug-likeness (QED) is 0.840. The van der Waals surface area contributed by atoms with Gasteiger partial charge in [-0.2, -0.15) is 0 Å². The Kier molecular flexibility index (Phi) is 4.86. The molecule has 0 heterocycles. The minimum absolute atomic E-state index is 0.0679. The van der Waals surface area contributed by atoms with Crippen molar-refractivity contribution in [3.63, 3.8) is 0 Å². The minimum Gasteiger partial charge on any atom is -0.481 e. The number of rotatable bonds is 6. The maximum Gasteiger partial charge on any atom is 0.310 e. The van der Waals surface area contributed by atoms with E-state index in [4.69, 9.17) is 5.73 Å². The molecule has 24 heavy (non-hydrogen) atoms. The molecule has 1 atom stereocenters. The van der Waals surface area contributed by atoms with Crippen molar-refractivity contribution >= 4 is 17.3 Å². The van der Waals surface area contributed by atoms with Crippen molar-refractivity contribution in [3.05, 3.63) is 41.5 Å². The molecular formula is C20H25NO3. The molecule has 2 aliphatic rings. The Balaban J connectivity index is 1.66. The summed E-state index contributed by atoms with van der Waals surface area (Å²) in [5.41, 5.74) is 8.80. The van der Waals surface area contributed by atoms with E-state index in [1.807, 2.05) is 12.1 Å². The zero-order valence-electron chi connectivity index (χ0n) is 14.0. The molecule has 3 rings (SSSR count).